The van der Waals surface area contributed by atoms with Crippen molar-refractivity contribution in [3.63, 3.8) is 0 Å². The van der Waals surface area contributed by atoms with Gasteiger partial charge in [0.1, 0.15) is 0 Å². The molecule has 2 fully saturated rings. The van der Waals surface area contributed by atoms with Crippen LogP contribution in [0.25, 0.3) is 0 Å². The molecule has 3 amide bonds. The summed E-state index contributed by atoms with van der Waals surface area (Å²) < 4.78 is 37.8. The normalized spacial score (nSPS) is 29.9. The lowest BCUT2D eigenvalue weighted by Gasteiger charge is -2.37. The van der Waals surface area contributed by atoms with Crippen molar-refractivity contribution in [2.45, 2.75) is 19.0 Å². The smallest absolute Gasteiger partial charge is 0.272 e. The Bertz CT molecular complexity index is 784. The fourth-order valence-electron chi connectivity index (χ4n) is 4.16. The van der Waals surface area contributed by atoms with E-state index in [-0.39, 0.29) is 17.4 Å². The van der Waals surface area contributed by atoms with Crippen LogP contribution in [-0.4, -0.2) is 22.7 Å². The van der Waals surface area contributed by atoms with Gasteiger partial charge in [0, 0.05) is 5.56 Å². The van der Waals surface area contributed by atoms with E-state index in [0.29, 0.717) is 0 Å². The number of alkyl halides is 3. The second-order valence-corrected chi connectivity index (χ2v) is 6.87. The van der Waals surface area contributed by atoms with Crippen molar-refractivity contribution in [3.8, 4) is 0 Å². The largest absolute Gasteiger partial charge is 0.416 e. The molecule has 0 radical (unpaired) electrons. The number of fused-ring (bicyclic) bond motifs is 1. The van der Waals surface area contributed by atoms with Crippen LogP contribution >= 0.6 is 0 Å². The molecule has 4 unspecified atom stereocenters. The zero-order valence-electron chi connectivity index (χ0n) is 13.5. The first-order valence-corrected chi connectivity index (χ1v) is 8.32. The van der Waals surface area contributed by atoms with Crippen molar-refractivity contribution in [2.24, 2.45) is 23.7 Å². The van der Waals surface area contributed by atoms with E-state index in [9.17, 15) is 27.6 Å². The number of rotatable bonds is 2. The highest BCUT2D eigenvalue weighted by molar-refractivity contribution is 6.08. The highest BCUT2D eigenvalue weighted by Gasteiger charge is 2.57. The number of nitrogens with one attached hydrogen (secondary N) is 1. The molecule has 5 nitrogen and oxygen atoms in total. The maximum atomic E-state index is 12.6. The molecular formula is C18H15F3N2O3. The SMILES string of the molecule is O=C(NN1C(=O)C2C3C=CC(CC3)C2C1=O)c1ccc(C(F)(F)F)cc1. The predicted molar refractivity (Wildman–Crippen MR) is 83.1 cm³/mol. The van der Waals surface area contributed by atoms with E-state index in [1.54, 1.807) is 0 Å². The van der Waals surface area contributed by atoms with Gasteiger partial charge in [0.25, 0.3) is 17.7 Å². The van der Waals surface area contributed by atoms with Gasteiger partial charge in [0.05, 0.1) is 17.4 Å². The molecule has 1 aliphatic heterocycles. The van der Waals surface area contributed by atoms with Crippen molar-refractivity contribution >= 4 is 17.7 Å². The number of amides is 3. The molecule has 0 spiro atoms. The number of hydrogen-bond acceptors (Lipinski definition) is 3. The van der Waals surface area contributed by atoms with Crippen molar-refractivity contribution in [2.75, 3.05) is 0 Å². The number of carbonyl (C=O) groups excluding carboxylic acids is 3. The Kier molecular flexibility index (Phi) is 3.68. The molecule has 1 aromatic rings. The van der Waals surface area contributed by atoms with Gasteiger partial charge in [-0.15, -0.1) is 0 Å². The number of hydrazine groups is 1. The van der Waals surface area contributed by atoms with Crippen LogP contribution in [0.2, 0.25) is 0 Å². The second-order valence-electron chi connectivity index (χ2n) is 6.87. The minimum atomic E-state index is -4.50. The fraction of sp³-hybridized carbons (Fsp3) is 0.389. The zero-order valence-corrected chi connectivity index (χ0v) is 13.5. The standard InChI is InChI=1S/C18H15F3N2O3/c19-18(20,21)12-7-5-11(6-8-12)15(24)22-23-16(25)13-9-1-2-10(4-3-9)14(13)17(23)26/h1-2,5-10,13-14H,3-4H2,(H,22,24). The summed E-state index contributed by atoms with van der Waals surface area (Å²) in [7, 11) is 0. The highest BCUT2D eigenvalue weighted by atomic mass is 19.4. The van der Waals surface area contributed by atoms with Gasteiger partial charge in [0.2, 0.25) is 0 Å². The lowest BCUT2D eigenvalue weighted by atomic mass is 9.63. The Hall–Kier alpha value is -2.64. The molecule has 1 aromatic carbocycles. The summed E-state index contributed by atoms with van der Waals surface area (Å²) in [6.45, 7) is 0. The highest BCUT2D eigenvalue weighted by Crippen LogP contribution is 2.49. The second kappa shape index (κ2) is 5.69. The molecule has 8 heteroatoms. The van der Waals surface area contributed by atoms with Gasteiger partial charge in [-0.25, -0.2) is 0 Å². The molecule has 0 aromatic heterocycles. The van der Waals surface area contributed by atoms with E-state index in [1.807, 2.05) is 12.2 Å². The molecule has 1 saturated heterocycles. The van der Waals surface area contributed by atoms with Crippen LogP contribution in [0.1, 0.15) is 28.8 Å². The Morgan fingerprint density at radius 3 is 1.88 bits per heavy atom. The summed E-state index contributed by atoms with van der Waals surface area (Å²) in [5.41, 5.74) is 1.33. The first-order chi connectivity index (χ1) is 12.3. The Morgan fingerprint density at radius 2 is 1.46 bits per heavy atom. The van der Waals surface area contributed by atoms with Gasteiger partial charge in [-0.05, 0) is 48.9 Å². The molecule has 2 bridgehead atoms. The molecule has 136 valence electrons. The quantitative estimate of drug-likeness (QED) is 0.648. The van der Waals surface area contributed by atoms with Crippen LogP contribution in [0.4, 0.5) is 13.2 Å². The zero-order chi connectivity index (χ0) is 18.6. The van der Waals surface area contributed by atoms with Crippen molar-refractivity contribution in [3.05, 3.63) is 47.5 Å². The molecule has 26 heavy (non-hydrogen) atoms. The van der Waals surface area contributed by atoms with Crippen LogP contribution in [0.15, 0.2) is 36.4 Å². The van der Waals surface area contributed by atoms with Gasteiger partial charge >= 0.3 is 6.18 Å². The average molecular weight is 364 g/mol. The number of imide groups is 1. The topological polar surface area (TPSA) is 66.5 Å². The maximum absolute atomic E-state index is 12.6. The summed E-state index contributed by atoms with van der Waals surface area (Å²) in [4.78, 5) is 37.5. The molecule has 4 atom stereocenters. The van der Waals surface area contributed by atoms with Crippen molar-refractivity contribution in [1.29, 1.82) is 0 Å². The van der Waals surface area contributed by atoms with Gasteiger partial charge in [-0.3, -0.25) is 19.8 Å². The van der Waals surface area contributed by atoms with Crippen LogP contribution in [0.3, 0.4) is 0 Å². The van der Waals surface area contributed by atoms with E-state index >= 15 is 0 Å². The summed E-state index contributed by atoms with van der Waals surface area (Å²) >= 11 is 0. The Balaban J connectivity index is 1.52. The number of benzene rings is 1. The molecule has 1 heterocycles. The van der Waals surface area contributed by atoms with E-state index in [1.165, 1.54) is 0 Å². The Morgan fingerprint density at radius 1 is 0.962 bits per heavy atom. The number of nitrogens with zero attached hydrogens (tertiary/aromatic N) is 1. The van der Waals surface area contributed by atoms with Crippen molar-refractivity contribution < 1.29 is 27.6 Å². The number of hydrogen-bond donors (Lipinski definition) is 1. The van der Waals surface area contributed by atoms with E-state index in [0.717, 1.165) is 42.1 Å². The minimum absolute atomic E-state index is 0.00517. The molecule has 4 aliphatic rings. The molecular weight excluding hydrogens is 349 g/mol. The average Bonchev–Trinajstić information content (AvgIpc) is 2.89. The van der Waals surface area contributed by atoms with E-state index in [2.05, 4.69) is 5.43 Å². The summed E-state index contributed by atoms with van der Waals surface area (Å²) in [5.74, 6) is -2.61. The van der Waals surface area contributed by atoms with E-state index < -0.39 is 41.3 Å². The van der Waals surface area contributed by atoms with Crippen LogP contribution < -0.4 is 5.43 Å². The number of halogens is 3. The first kappa shape index (κ1) is 16.8. The Labute approximate surface area is 146 Å². The third-order valence-corrected chi connectivity index (χ3v) is 5.45. The van der Waals surface area contributed by atoms with Crippen LogP contribution in [0.5, 0.6) is 0 Å². The van der Waals surface area contributed by atoms with Gasteiger partial charge < -0.3 is 0 Å². The maximum Gasteiger partial charge on any atom is 0.416 e. The summed E-state index contributed by atoms with van der Waals surface area (Å²) in [5, 5.41) is 0.744. The van der Waals surface area contributed by atoms with Gasteiger partial charge in [-0.1, -0.05) is 12.2 Å². The summed E-state index contributed by atoms with van der Waals surface area (Å²) in [6.07, 6.45) is 1.09. The summed E-state index contributed by atoms with van der Waals surface area (Å²) in [6, 6.07) is 3.60. The van der Waals surface area contributed by atoms with E-state index in [4.69, 9.17) is 0 Å². The monoisotopic (exact) mass is 364 g/mol. The van der Waals surface area contributed by atoms with Crippen LogP contribution in [0, 0.1) is 23.7 Å². The lowest BCUT2D eigenvalue weighted by Crippen LogP contribution is -2.46. The number of allylic oxidation sites excluding steroid dienone is 2. The molecule has 3 aliphatic carbocycles. The van der Waals surface area contributed by atoms with Gasteiger partial charge in [0.15, 0.2) is 0 Å². The number of carbonyl (C=O) groups is 3. The molecule has 5 rings (SSSR count). The molecule has 1 saturated carbocycles. The minimum Gasteiger partial charge on any atom is -0.272 e. The van der Waals surface area contributed by atoms with Crippen molar-refractivity contribution in [1.82, 2.24) is 10.4 Å². The third-order valence-electron chi connectivity index (χ3n) is 5.45. The fourth-order valence-corrected chi connectivity index (χ4v) is 4.16. The lowest BCUT2D eigenvalue weighted by molar-refractivity contribution is -0.143. The molecule has 1 N–H and O–H groups in total. The van der Waals surface area contributed by atoms with Gasteiger partial charge in [-0.2, -0.15) is 18.2 Å². The third kappa shape index (κ3) is 2.51. The van der Waals surface area contributed by atoms with Crippen LogP contribution in [-0.2, 0) is 15.8 Å². The first-order valence-electron chi connectivity index (χ1n) is 8.32. The predicted octanol–water partition coefficient (Wildman–Crippen LogP) is 2.55.